The van der Waals surface area contributed by atoms with Crippen molar-refractivity contribution >= 4 is 35.2 Å². The fraction of sp³-hybridized carbons (Fsp3) is 0.211. The van der Waals surface area contributed by atoms with Gasteiger partial charge in [-0.1, -0.05) is 35.4 Å². The molecular weight excluding hydrogens is 375 g/mol. The van der Waals surface area contributed by atoms with Crippen molar-refractivity contribution in [2.45, 2.75) is 20.3 Å². The highest BCUT2D eigenvalue weighted by Crippen LogP contribution is 2.19. The van der Waals surface area contributed by atoms with Crippen molar-refractivity contribution < 1.29 is 23.5 Å². The van der Waals surface area contributed by atoms with Crippen LogP contribution in [0.3, 0.4) is 0 Å². The van der Waals surface area contributed by atoms with E-state index < -0.39 is 36.8 Å². The predicted octanol–water partition coefficient (Wildman–Crippen LogP) is 3.53. The van der Waals surface area contributed by atoms with Gasteiger partial charge in [-0.3, -0.25) is 14.9 Å². The first kappa shape index (κ1) is 20.4. The molecule has 0 fully saturated rings. The van der Waals surface area contributed by atoms with Crippen LogP contribution in [0.5, 0.6) is 0 Å². The van der Waals surface area contributed by atoms with Crippen molar-refractivity contribution in [1.82, 2.24) is 5.32 Å². The highest BCUT2D eigenvalue weighted by atomic mass is 35.5. The smallest absolute Gasteiger partial charge is 0.325 e. The number of amides is 3. The second kappa shape index (κ2) is 9.14. The number of benzene rings is 2. The average Bonchev–Trinajstić information content (AvgIpc) is 2.59. The van der Waals surface area contributed by atoms with Crippen molar-refractivity contribution in [1.29, 1.82) is 0 Å². The molecular formula is C19H18ClFN2O4. The van der Waals surface area contributed by atoms with Crippen LogP contribution in [0.25, 0.3) is 0 Å². The van der Waals surface area contributed by atoms with Crippen molar-refractivity contribution in [3.8, 4) is 0 Å². The Morgan fingerprint density at radius 3 is 2.56 bits per heavy atom. The summed E-state index contributed by atoms with van der Waals surface area (Å²) in [7, 11) is 0. The first-order valence-corrected chi connectivity index (χ1v) is 8.40. The molecule has 0 atom stereocenters. The molecule has 0 saturated carbocycles. The number of esters is 1. The summed E-state index contributed by atoms with van der Waals surface area (Å²) in [6, 6.07) is 8.68. The summed E-state index contributed by atoms with van der Waals surface area (Å²) < 4.78 is 18.4. The van der Waals surface area contributed by atoms with Gasteiger partial charge in [-0.15, -0.1) is 0 Å². The molecule has 0 aliphatic carbocycles. The Bertz CT molecular complexity index is 866. The number of nitrogens with one attached hydrogen (secondary N) is 2. The van der Waals surface area contributed by atoms with Gasteiger partial charge in [0.2, 0.25) is 0 Å². The van der Waals surface area contributed by atoms with E-state index in [9.17, 15) is 18.8 Å². The standard InChI is InChI=1S/C19H18ClFN2O4/c1-11-6-7-16(12(2)8-11)22-19(26)23-17(24)10-27-18(25)9-13-14(20)4-3-5-15(13)21/h3-8H,9-10H2,1-2H3,(H2,22,23,24,26). The SMILES string of the molecule is Cc1ccc(NC(=O)NC(=O)COC(=O)Cc2c(F)cccc2Cl)c(C)c1. The number of hydrogen-bond donors (Lipinski definition) is 2. The van der Waals surface area contributed by atoms with E-state index in [1.165, 1.54) is 18.2 Å². The van der Waals surface area contributed by atoms with Gasteiger partial charge in [-0.2, -0.15) is 0 Å². The van der Waals surface area contributed by atoms with Gasteiger partial charge < -0.3 is 10.1 Å². The number of anilines is 1. The van der Waals surface area contributed by atoms with Gasteiger partial charge in [0.05, 0.1) is 6.42 Å². The van der Waals surface area contributed by atoms with E-state index in [-0.39, 0.29) is 10.6 Å². The van der Waals surface area contributed by atoms with Crippen LogP contribution in [-0.2, 0) is 20.7 Å². The molecule has 0 aliphatic heterocycles. The van der Waals surface area contributed by atoms with Crippen LogP contribution in [0, 0.1) is 19.7 Å². The van der Waals surface area contributed by atoms with Crippen LogP contribution in [0.4, 0.5) is 14.9 Å². The molecule has 0 bridgehead atoms. The van der Waals surface area contributed by atoms with E-state index in [1.54, 1.807) is 6.07 Å². The molecule has 0 aliphatic rings. The highest BCUT2D eigenvalue weighted by molar-refractivity contribution is 6.31. The van der Waals surface area contributed by atoms with Gasteiger partial charge in [0.1, 0.15) is 5.82 Å². The van der Waals surface area contributed by atoms with E-state index in [2.05, 4.69) is 5.32 Å². The summed E-state index contributed by atoms with van der Waals surface area (Å²) in [5, 5.41) is 4.67. The van der Waals surface area contributed by atoms with E-state index in [4.69, 9.17) is 16.3 Å². The fourth-order valence-electron chi connectivity index (χ4n) is 2.31. The van der Waals surface area contributed by atoms with Gasteiger partial charge in [-0.25, -0.2) is 9.18 Å². The van der Waals surface area contributed by atoms with Gasteiger partial charge >= 0.3 is 12.0 Å². The Morgan fingerprint density at radius 1 is 1.15 bits per heavy atom. The minimum Gasteiger partial charge on any atom is -0.455 e. The number of imide groups is 1. The lowest BCUT2D eigenvalue weighted by molar-refractivity contribution is -0.147. The second-order valence-electron chi connectivity index (χ2n) is 5.86. The maximum absolute atomic E-state index is 13.6. The van der Waals surface area contributed by atoms with Crippen molar-refractivity contribution in [2.24, 2.45) is 0 Å². The van der Waals surface area contributed by atoms with Gasteiger partial charge in [0.25, 0.3) is 5.91 Å². The number of hydrogen-bond acceptors (Lipinski definition) is 4. The molecule has 3 amide bonds. The van der Waals surface area contributed by atoms with Crippen LogP contribution >= 0.6 is 11.6 Å². The number of ether oxygens (including phenoxy) is 1. The van der Waals surface area contributed by atoms with Crippen molar-refractivity contribution in [2.75, 3.05) is 11.9 Å². The van der Waals surface area contributed by atoms with E-state index in [0.717, 1.165) is 11.1 Å². The Balaban J connectivity index is 1.81. The number of aryl methyl sites for hydroxylation is 2. The van der Waals surface area contributed by atoms with Crippen LogP contribution < -0.4 is 10.6 Å². The maximum atomic E-state index is 13.6. The molecule has 0 radical (unpaired) electrons. The number of rotatable bonds is 5. The lowest BCUT2D eigenvalue weighted by atomic mass is 10.1. The third-order valence-corrected chi connectivity index (χ3v) is 3.98. The fourth-order valence-corrected chi connectivity index (χ4v) is 2.54. The number of urea groups is 1. The zero-order valence-corrected chi connectivity index (χ0v) is 15.5. The van der Waals surface area contributed by atoms with Crippen LogP contribution in [0.15, 0.2) is 36.4 Å². The zero-order valence-electron chi connectivity index (χ0n) is 14.8. The Morgan fingerprint density at radius 2 is 1.89 bits per heavy atom. The Hall–Kier alpha value is -2.93. The normalized spacial score (nSPS) is 10.2. The predicted molar refractivity (Wildman–Crippen MR) is 99.2 cm³/mol. The number of halogens is 2. The molecule has 0 saturated heterocycles. The van der Waals surface area contributed by atoms with Gasteiger partial charge in [0.15, 0.2) is 6.61 Å². The largest absolute Gasteiger partial charge is 0.455 e. The average molecular weight is 393 g/mol. The molecule has 6 nitrogen and oxygen atoms in total. The molecule has 8 heteroatoms. The summed E-state index contributed by atoms with van der Waals surface area (Å²) in [4.78, 5) is 35.3. The zero-order chi connectivity index (χ0) is 20.0. The summed E-state index contributed by atoms with van der Waals surface area (Å²) >= 11 is 5.82. The number of carbonyl (C=O) groups excluding carboxylic acids is 3. The monoisotopic (exact) mass is 392 g/mol. The second-order valence-corrected chi connectivity index (χ2v) is 6.27. The molecule has 0 heterocycles. The quantitative estimate of drug-likeness (QED) is 0.762. The Labute approximate surface area is 160 Å². The molecule has 142 valence electrons. The summed E-state index contributed by atoms with van der Waals surface area (Å²) in [6.45, 7) is 3.06. The third kappa shape index (κ3) is 6.07. The van der Waals surface area contributed by atoms with Gasteiger partial charge in [-0.05, 0) is 37.6 Å². The molecule has 27 heavy (non-hydrogen) atoms. The first-order valence-electron chi connectivity index (χ1n) is 8.03. The van der Waals surface area contributed by atoms with E-state index in [1.807, 2.05) is 31.3 Å². The van der Waals surface area contributed by atoms with E-state index in [0.29, 0.717) is 5.69 Å². The van der Waals surface area contributed by atoms with Crippen LogP contribution in [-0.4, -0.2) is 24.5 Å². The molecule has 2 aromatic carbocycles. The summed E-state index contributed by atoms with van der Waals surface area (Å²) in [5.74, 6) is -2.30. The lowest BCUT2D eigenvalue weighted by Crippen LogP contribution is -2.37. The minimum atomic E-state index is -0.841. The van der Waals surface area contributed by atoms with Crippen molar-refractivity contribution in [3.05, 3.63) is 63.9 Å². The maximum Gasteiger partial charge on any atom is 0.325 e. The first-order chi connectivity index (χ1) is 12.8. The molecule has 0 unspecified atom stereocenters. The highest BCUT2D eigenvalue weighted by Gasteiger charge is 2.15. The molecule has 2 rings (SSSR count). The summed E-state index contributed by atoms with van der Waals surface area (Å²) in [5.41, 5.74) is 2.41. The Kier molecular flexibility index (Phi) is 6.90. The molecule has 0 spiro atoms. The van der Waals surface area contributed by atoms with Crippen LogP contribution in [0.1, 0.15) is 16.7 Å². The minimum absolute atomic E-state index is 0.0165. The van der Waals surface area contributed by atoms with Crippen molar-refractivity contribution in [3.63, 3.8) is 0 Å². The van der Waals surface area contributed by atoms with E-state index >= 15 is 0 Å². The summed E-state index contributed by atoms with van der Waals surface area (Å²) in [6.07, 6.45) is -0.423. The lowest BCUT2D eigenvalue weighted by Gasteiger charge is -2.10. The van der Waals surface area contributed by atoms with Crippen LogP contribution in [0.2, 0.25) is 5.02 Å². The number of carbonyl (C=O) groups is 3. The topological polar surface area (TPSA) is 84.5 Å². The molecule has 2 aromatic rings. The molecule has 0 aromatic heterocycles. The van der Waals surface area contributed by atoms with Gasteiger partial charge in [0, 0.05) is 16.3 Å². The third-order valence-electron chi connectivity index (χ3n) is 3.63. The molecule has 2 N–H and O–H groups in total.